The Morgan fingerprint density at radius 3 is 2.56 bits per heavy atom. The number of hydrogen-bond donors (Lipinski definition) is 3. The van der Waals surface area contributed by atoms with E-state index in [1.807, 2.05) is 44.2 Å². The number of carbonyl (C=O) groups is 3. The average molecular weight is 469 g/mol. The molecular weight excluding hydrogens is 435 g/mol. The van der Waals surface area contributed by atoms with Crippen molar-refractivity contribution in [3.05, 3.63) is 66.0 Å². The Hall–Kier alpha value is -3.42. The summed E-state index contributed by atoms with van der Waals surface area (Å²) < 4.78 is 13.3. The lowest BCUT2D eigenvalue weighted by Gasteiger charge is -2.36. The molecule has 2 aromatic carbocycles. The van der Waals surface area contributed by atoms with Crippen LogP contribution in [0.25, 0.3) is 0 Å². The molecule has 8 heteroatoms. The number of anilines is 1. The minimum atomic E-state index is -0.598. The van der Waals surface area contributed by atoms with Gasteiger partial charge in [0, 0.05) is 25.3 Å². The van der Waals surface area contributed by atoms with Gasteiger partial charge in [-0.2, -0.15) is 0 Å². The maximum atomic E-state index is 13.3. The number of halogens is 1. The van der Waals surface area contributed by atoms with E-state index in [2.05, 4.69) is 16.0 Å². The normalized spacial score (nSPS) is 16.6. The van der Waals surface area contributed by atoms with E-state index in [0.29, 0.717) is 25.3 Å². The van der Waals surface area contributed by atoms with Crippen molar-refractivity contribution in [2.45, 2.75) is 39.2 Å². The van der Waals surface area contributed by atoms with Crippen LogP contribution < -0.4 is 16.0 Å². The maximum Gasteiger partial charge on any atom is 0.319 e. The van der Waals surface area contributed by atoms with Gasteiger partial charge in [0.25, 0.3) is 0 Å². The highest BCUT2D eigenvalue weighted by atomic mass is 19.1. The van der Waals surface area contributed by atoms with Crippen molar-refractivity contribution in [1.82, 2.24) is 15.5 Å². The summed E-state index contributed by atoms with van der Waals surface area (Å²) in [4.78, 5) is 39.8. The van der Waals surface area contributed by atoms with Crippen LogP contribution >= 0.6 is 0 Å². The van der Waals surface area contributed by atoms with Crippen molar-refractivity contribution >= 4 is 23.5 Å². The molecule has 0 saturated carbocycles. The van der Waals surface area contributed by atoms with Crippen molar-refractivity contribution in [1.29, 1.82) is 0 Å². The van der Waals surface area contributed by atoms with Gasteiger partial charge in [0.05, 0.1) is 6.42 Å². The summed E-state index contributed by atoms with van der Waals surface area (Å²) in [6, 6.07) is 14.1. The molecule has 0 spiro atoms. The molecule has 1 heterocycles. The largest absolute Gasteiger partial charge is 0.344 e. The van der Waals surface area contributed by atoms with E-state index in [1.165, 1.54) is 18.2 Å². The van der Waals surface area contributed by atoms with Crippen LogP contribution in [0.1, 0.15) is 32.3 Å². The van der Waals surface area contributed by atoms with Crippen LogP contribution in [0.2, 0.25) is 0 Å². The fourth-order valence-corrected chi connectivity index (χ4v) is 4.13. The smallest absolute Gasteiger partial charge is 0.319 e. The van der Waals surface area contributed by atoms with Crippen molar-refractivity contribution in [2.24, 2.45) is 11.8 Å². The molecule has 3 N–H and O–H groups in total. The lowest BCUT2D eigenvalue weighted by atomic mass is 9.95. The standard InChI is InChI=1S/C26H33FN4O3/c1-18(2)24(30-23(32)14-19-8-4-3-5-9-19)25(33)31-13-7-10-20(17-31)16-28-26(34)29-22-12-6-11-21(27)15-22/h3-6,8-9,11-12,15,18,20,24H,7,10,13-14,16-17H2,1-2H3,(H,30,32)(H2,28,29,34)/t20-,24+/m0/s1. The number of piperidine rings is 1. The molecule has 34 heavy (non-hydrogen) atoms. The molecule has 4 amide bonds. The van der Waals surface area contributed by atoms with Crippen LogP contribution in [-0.2, 0) is 16.0 Å². The summed E-state index contributed by atoms with van der Waals surface area (Å²) in [7, 11) is 0. The molecule has 1 aliphatic heterocycles. The van der Waals surface area contributed by atoms with E-state index in [1.54, 1.807) is 11.0 Å². The van der Waals surface area contributed by atoms with Crippen LogP contribution in [0, 0.1) is 17.7 Å². The van der Waals surface area contributed by atoms with Crippen molar-refractivity contribution in [3.8, 4) is 0 Å². The number of urea groups is 1. The third kappa shape index (κ3) is 7.57. The minimum Gasteiger partial charge on any atom is -0.344 e. The number of nitrogens with one attached hydrogen (secondary N) is 3. The van der Waals surface area contributed by atoms with Gasteiger partial charge in [0.1, 0.15) is 11.9 Å². The zero-order valence-electron chi connectivity index (χ0n) is 19.7. The number of benzene rings is 2. The third-order valence-electron chi connectivity index (χ3n) is 5.92. The maximum absolute atomic E-state index is 13.3. The number of likely N-dealkylation sites (tertiary alicyclic amines) is 1. The highest BCUT2D eigenvalue weighted by molar-refractivity contribution is 5.89. The van der Waals surface area contributed by atoms with Gasteiger partial charge < -0.3 is 20.9 Å². The van der Waals surface area contributed by atoms with Crippen LogP contribution in [0.3, 0.4) is 0 Å². The minimum absolute atomic E-state index is 0.0530. The highest BCUT2D eigenvalue weighted by Gasteiger charge is 2.31. The van der Waals surface area contributed by atoms with Crippen molar-refractivity contribution < 1.29 is 18.8 Å². The monoisotopic (exact) mass is 468 g/mol. The van der Waals surface area contributed by atoms with Crippen molar-refractivity contribution in [3.63, 3.8) is 0 Å². The number of hydrogen-bond acceptors (Lipinski definition) is 3. The first-order valence-corrected chi connectivity index (χ1v) is 11.7. The molecule has 2 aromatic rings. The fraction of sp³-hybridized carbons (Fsp3) is 0.423. The Morgan fingerprint density at radius 2 is 1.85 bits per heavy atom. The second-order valence-electron chi connectivity index (χ2n) is 9.09. The second-order valence-corrected chi connectivity index (χ2v) is 9.09. The molecule has 1 aliphatic rings. The van der Waals surface area contributed by atoms with Gasteiger partial charge in [0.2, 0.25) is 11.8 Å². The molecule has 0 unspecified atom stereocenters. The summed E-state index contributed by atoms with van der Waals surface area (Å²) >= 11 is 0. The SMILES string of the molecule is CC(C)[C@@H](NC(=O)Cc1ccccc1)C(=O)N1CCC[C@@H](CNC(=O)Nc2cccc(F)c2)C1. The van der Waals surface area contributed by atoms with Crippen LogP contribution in [0.4, 0.5) is 14.9 Å². The summed E-state index contributed by atoms with van der Waals surface area (Å²) in [6.45, 7) is 5.38. The van der Waals surface area contributed by atoms with E-state index < -0.39 is 17.9 Å². The Labute approximate surface area is 200 Å². The fourth-order valence-electron chi connectivity index (χ4n) is 4.13. The number of nitrogens with zero attached hydrogens (tertiary/aromatic N) is 1. The van der Waals surface area contributed by atoms with Crippen LogP contribution in [0.15, 0.2) is 54.6 Å². The van der Waals surface area contributed by atoms with Gasteiger partial charge in [0.15, 0.2) is 0 Å². The van der Waals surface area contributed by atoms with Gasteiger partial charge in [-0.05, 0) is 48.4 Å². The summed E-state index contributed by atoms with van der Waals surface area (Å²) in [6.07, 6.45) is 1.94. The summed E-state index contributed by atoms with van der Waals surface area (Å²) in [5.41, 5.74) is 1.28. The van der Waals surface area contributed by atoms with Gasteiger partial charge in [-0.1, -0.05) is 50.2 Å². The Balaban J connectivity index is 1.51. The van der Waals surface area contributed by atoms with E-state index in [0.717, 1.165) is 18.4 Å². The first-order valence-electron chi connectivity index (χ1n) is 11.7. The lowest BCUT2D eigenvalue weighted by molar-refractivity contribution is -0.139. The highest BCUT2D eigenvalue weighted by Crippen LogP contribution is 2.19. The third-order valence-corrected chi connectivity index (χ3v) is 5.92. The Kier molecular flexibility index (Phi) is 9.01. The predicted molar refractivity (Wildman–Crippen MR) is 130 cm³/mol. The molecule has 2 atom stereocenters. The molecule has 0 bridgehead atoms. The molecule has 1 saturated heterocycles. The van der Waals surface area contributed by atoms with Gasteiger partial charge >= 0.3 is 6.03 Å². The number of rotatable bonds is 8. The first kappa shape index (κ1) is 25.2. The molecule has 7 nitrogen and oxygen atoms in total. The summed E-state index contributed by atoms with van der Waals surface area (Å²) in [5, 5.41) is 8.34. The van der Waals surface area contributed by atoms with Gasteiger partial charge in [-0.3, -0.25) is 9.59 Å². The molecule has 1 fully saturated rings. The van der Waals surface area contributed by atoms with E-state index in [-0.39, 0.29) is 30.1 Å². The van der Waals surface area contributed by atoms with Gasteiger partial charge in [-0.25, -0.2) is 9.18 Å². The molecule has 3 rings (SSSR count). The average Bonchev–Trinajstić information content (AvgIpc) is 2.81. The summed E-state index contributed by atoms with van der Waals surface area (Å²) in [5.74, 6) is -0.644. The number of carbonyl (C=O) groups excluding carboxylic acids is 3. The quantitative estimate of drug-likeness (QED) is 0.553. The molecule has 0 aromatic heterocycles. The Bertz CT molecular complexity index is 983. The molecular formula is C26H33FN4O3. The first-order chi connectivity index (χ1) is 16.3. The lowest BCUT2D eigenvalue weighted by Crippen LogP contribution is -2.54. The van der Waals surface area contributed by atoms with Crippen molar-refractivity contribution in [2.75, 3.05) is 25.0 Å². The Morgan fingerprint density at radius 1 is 1.09 bits per heavy atom. The molecule has 182 valence electrons. The van der Waals surface area contributed by atoms with Gasteiger partial charge in [-0.15, -0.1) is 0 Å². The predicted octanol–water partition coefficient (Wildman–Crippen LogP) is 3.57. The van der Waals surface area contributed by atoms with E-state index >= 15 is 0 Å². The van der Waals surface area contributed by atoms with Crippen LogP contribution in [-0.4, -0.2) is 48.4 Å². The zero-order valence-corrected chi connectivity index (χ0v) is 19.7. The van der Waals surface area contributed by atoms with E-state index in [4.69, 9.17) is 0 Å². The topological polar surface area (TPSA) is 90.5 Å². The zero-order chi connectivity index (χ0) is 24.5. The second kappa shape index (κ2) is 12.2. The molecule has 0 aliphatic carbocycles. The van der Waals surface area contributed by atoms with Crippen LogP contribution in [0.5, 0.6) is 0 Å². The number of amides is 4. The molecule has 0 radical (unpaired) electrons. The van der Waals surface area contributed by atoms with E-state index in [9.17, 15) is 18.8 Å².